The number of esters is 1. The molecule has 8 nitrogen and oxygen atoms in total. The number of aryl methyl sites for hydroxylation is 1. The lowest BCUT2D eigenvalue weighted by Crippen LogP contribution is -2.16. The molecule has 0 saturated heterocycles. The van der Waals surface area contributed by atoms with Gasteiger partial charge in [0.05, 0.1) is 12.3 Å². The Bertz CT molecular complexity index is 660. The predicted octanol–water partition coefficient (Wildman–Crippen LogP) is 0.739. The molecule has 1 aliphatic rings. The van der Waals surface area contributed by atoms with E-state index in [1.165, 1.54) is 0 Å². The van der Waals surface area contributed by atoms with E-state index < -0.39 is 5.97 Å². The van der Waals surface area contributed by atoms with Gasteiger partial charge < -0.3 is 9.30 Å². The number of rotatable bonds is 4. The van der Waals surface area contributed by atoms with Gasteiger partial charge in [-0.15, -0.1) is 15.3 Å². The van der Waals surface area contributed by atoms with Gasteiger partial charge >= 0.3 is 5.97 Å². The summed E-state index contributed by atoms with van der Waals surface area (Å²) in [5, 5.41) is 16.4. The van der Waals surface area contributed by atoms with Crippen molar-refractivity contribution in [2.75, 3.05) is 6.61 Å². The van der Waals surface area contributed by atoms with Crippen LogP contribution in [0.4, 0.5) is 0 Å². The first-order chi connectivity index (χ1) is 10.2. The van der Waals surface area contributed by atoms with Crippen molar-refractivity contribution in [3.63, 3.8) is 0 Å². The summed E-state index contributed by atoms with van der Waals surface area (Å²) in [7, 11) is 0. The van der Waals surface area contributed by atoms with Gasteiger partial charge in [-0.2, -0.15) is 0 Å². The van der Waals surface area contributed by atoms with Crippen molar-refractivity contribution in [3.8, 4) is 0 Å². The number of hydrogen-bond donors (Lipinski definition) is 0. The van der Waals surface area contributed by atoms with Crippen LogP contribution in [-0.2, 0) is 24.2 Å². The monoisotopic (exact) mass is 290 g/mol. The van der Waals surface area contributed by atoms with Crippen LogP contribution in [0.25, 0.3) is 0 Å². The molecule has 0 spiro atoms. The molecule has 21 heavy (non-hydrogen) atoms. The van der Waals surface area contributed by atoms with Crippen molar-refractivity contribution in [2.24, 2.45) is 0 Å². The van der Waals surface area contributed by atoms with E-state index in [9.17, 15) is 4.79 Å². The lowest BCUT2D eigenvalue weighted by molar-refractivity contribution is 0.0518. The van der Waals surface area contributed by atoms with Gasteiger partial charge in [0.25, 0.3) is 0 Å². The van der Waals surface area contributed by atoms with Gasteiger partial charge in [-0.3, -0.25) is 0 Å². The normalized spacial score (nSPS) is 14.0. The van der Waals surface area contributed by atoms with Crippen molar-refractivity contribution < 1.29 is 9.53 Å². The molecule has 3 rings (SSSR count). The van der Waals surface area contributed by atoms with Gasteiger partial charge in [-0.25, -0.2) is 9.48 Å². The Hall–Kier alpha value is -2.25. The Morgan fingerprint density at radius 3 is 2.95 bits per heavy atom. The molecule has 1 aliphatic heterocycles. The molecule has 3 heterocycles. The molecule has 0 bridgehead atoms. The van der Waals surface area contributed by atoms with Crippen molar-refractivity contribution in [1.82, 2.24) is 29.8 Å². The number of carbonyl (C=O) groups excluding carboxylic acids is 1. The van der Waals surface area contributed by atoms with E-state index in [2.05, 4.69) is 25.1 Å². The molecule has 0 aliphatic carbocycles. The first-order valence-corrected chi connectivity index (χ1v) is 7.19. The third-order valence-electron chi connectivity index (χ3n) is 3.68. The minimum atomic E-state index is -0.440. The van der Waals surface area contributed by atoms with E-state index in [0.717, 1.165) is 37.5 Å². The van der Waals surface area contributed by atoms with Crippen molar-refractivity contribution >= 4 is 5.97 Å². The van der Waals surface area contributed by atoms with Crippen LogP contribution in [0, 0.1) is 6.92 Å². The highest BCUT2D eigenvalue weighted by Crippen LogP contribution is 2.15. The molecular weight excluding hydrogens is 272 g/mol. The van der Waals surface area contributed by atoms with Crippen molar-refractivity contribution in [2.45, 2.75) is 46.2 Å². The maximum absolute atomic E-state index is 11.7. The topological polar surface area (TPSA) is 87.7 Å². The lowest BCUT2D eigenvalue weighted by atomic mass is 10.2. The summed E-state index contributed by atoms with van der Waals surface area (Å²) in [5.74, 6) is 1.44. The second kappa shape index (κ2) is 5.63. The predicted molar refractivity (Wildman–Crippen MR) is 72.8 cm³/mol. The van der Waals surface area contributed by atoms with E-state index in [1.54, 1.807) is 18.5 Å². The fourth-order valence-corrected chi connectivity index (χ4v) is 2.52. The molecule has 0 amide bonds. The molecule has 0 radical (unpaired) electrons. The minimum absolute atomic E-state index is 0.259. The molecule has 8 heteroatoms. The largest absolute Gasteiger partial charge is 0.461 e. The highest BCUT2D eigenvalue weighted by Gasteiger charge is 2.20. The SMILES string of the molecule is CCOC(=O)c1nnn(Cc2nnc3n2CCCC3)c1C. The van der Waals surface area contributed by atoms with Crippen LogP contribution in [0.3, 0.4) is 0 Å². The zero-order valence-corrected chi connectivity index (χ0v) is 12.2. The van der Waals surface area contributed by atoms with E-state index in [-0.39, 0.29) is 5.69 Å². The Morgan fingerprint density at radius 1 is 1.29 bits per heavy atom. The zero-order chi connectivity index (χ0) is 14.8. The Balaban J connectivity index is 1.82. The first-order valence-electron chi connectivity index (χ1n) is 7.19. The van der Waals surface area contributed by atoms with Gasteiger partial charge in [0.15, 0.2) is 11.5 Å². The molecule has 2 aromatic heterocycles. The van der Waals surface area contributed by atoms with Crippen LogP contribution >= 0.6 is 0 Å². The van der Waals surface area contributed by atoms with Crippen LogP contribution in [0.2, 0.25) is 0 Å². The molecular formula is C13H18N6O2. The lowest BCUT2D eigenvalue weighted by Gasteiger charge is -2.14. The minimum Gasteiger partial charge on any atom is -0.461 e. The summed E-state index contributed by atoms with van der Waals surface area (Å²) in [4.78, 5) is 11.7. The van der Waals surface area contributed by atoms with Crippen molar-refractivity contribution in [3.05, 3.63) is 23.0 Å². The van der Waals surface area contributed by atoms with Gasteiger partial charge in [0, 0.05) is 13.0 Å². The van der Waals surface area contributed by atoms with Gasteiger partial charge in [0.2, 0.25) is 0 Å². The summed E-state index contributed by atoms with van der Waals surface area (Å²) >= 11 is 0. The van der Waals surface area contributed by atoms with Crippen LogP contribution < -0.4 is 0 Å². The summed E-state index contributed by atoms with van der Waals surface area (Å²) in [5.41, 5.74) is 0.942. The third kappa shape index (κ3) is 2.53. The number of aromatic nitrogens is 6. The van der Waals surface area contributed by atoms with Crippen molar-refractivity contribution in [1.29, 1.82) is 0 Å². The van der Waals surface area contributed by atoms with E-state index in [4.69, 9.17) is 4.74 Å². The Labute approximate surface area is 122 Å². The average molecular weight is 290 g/mol. The standard InChI is InChI=1S/C13H18N6O2/c1-3-21-13(20)12-9(2)19(17-16-12)8-11-15-14-10-6-4-5-7-18(10)11/h3-8H2,1-2H3. The van der Waals surface area contributed by atoms with Crippen LogP contribution in [0.15, 0.2) is 0 Å². The number of fused-ring (bicyclic) bond motifs is 1. The second-order valence-corrected chi connectivity index (χ2v) is 5.04. The number of hydrogen-bond acceptors (Lipinski definition) is 6. The maximum Gasteiger partial charge on any atom is 0.360 e. The number of nitrogens with zero attached hydrogens (tertiary/aromatic N) is 6. The van der Waals surface area contributed by atoms with Crippen LogP contribution in [-0.4, -0.2) is 42.3 Å². The fourth-order valence-electron chi connectivity index (χ4n) is 2.52. The van der Waals surface area contributed by atoms with Gasteiger partial charge in [0.1, 0.15) is 12.4 Å². The quantitative estimate of drug-likeness (QED) is 0.772. The van der Waals surface area contributed by atoms with Gasteiger partial charge in [-0.05, 0) is 26.7 Å². The number of carbonyl (C=O) groups is 1. The zero-order valence-electron chi connectivity index (χ0n) is 12.2. The molecule has 0 unspecified atom stereocenters. The van der Waals surface area contributed by atoms with E-state index >= 15 is 0 Å². The molecule has 0 fully saturated rings. The molecule has 0 N–H and O–H groups in total. The highest BCUT2D eigenvalue weighted by atomic mass is 16.5. The molecule has 2 aromatic rings. The maximum atomic E-state index is 11.7. The number of ether oxygens (including phenoxy) is 1. The third-order valence-corrected chi connectivity index (χ3v) is 3.68. The Kier molecular flexibility index (Phi) is 3.68. The van der Waals surface area contributed by atoms with Crippen LogP contribution in [0.5, 0.6) is 0 Å². The summed E-state index contributed by atoms with van der Waals surface area (Å²) < 4.78 is 8.76. The Morgan fingerprint density at radius 2 is 2.14 bits per heavy atom. The van der Waals surface area contributed by atoms with E-state index in [0.29, 0.717) is 18.8 Å². The van der Waals surface area contributed by atoms with Gasteiger partial charge in [-0.1, -0.05) is 5.21 Å². The highest BCUT2D eigenvalue weighted by molar-refractivity contribution is 5.88. The summed E-state index contributed by atoms with van der Waals surface area (Å²) in [6.45, 7) is 5.30. The molecule has 0 aromatic carbocycles. The van der Waals surface area contributed by atoms with E-state index in [1.807, 2.05) is 0 Å². The fraction of sp³-hybridized carbons (Fsp3) is 0.615. The molecule has 0 saturated carbocycles. The molecule has 0 atom stereocenters. The summed E-state index contributed by atoms with van der Waals surface area (Å²) in [6.07, 6.45) is 3.27. The first kappa shape index (κ1) is 13.7. The summed E-state index contributed by atoms with van der Waals surface area (Å²) in [6, 6.07) is 0. The van der Waals surface area contributed by atoms with Crippen LogP contribution in [0.1, 0.15) is 47.6 Å². The second-order valence-electron chi connectivity index (χ2n) is 5.04. The smallest absolute Gasteiger partial charge is 0.360 e. The average Bonchev–Trinajstić information content (AvgIpc) is 3.05. The molecule has 112 valence electrons.